The number of pyridine rings is 1. The van der Waals surface area contributed by atoms with Gasteiger partial charge in [0.15, 0.2) is 0 Å². The van der Waals surface area contributed by atoms with Crippen molar-refractivity contribution in [1.82, 2.24) is 4.98 Å². The molecule has 0 bridgehead atoms. The van der Waals surface area contributed by atoms with E-state index < -0.39 is 0 Å². The molecule has 0 fully saturated rings. The van der Waals surface area contributed by atoms with Crippen LogP contribution in [0, 0.1) is 0 Å². The Morgan fingerprint density at radius 3 is 2.90 bits per heavy atom. The molecule has 10 heavy (non-hydrogen) atoms. The van der Waals surface area contributed by atoms with Gasteiger partial charge >= 0.3 is 0 Å². The molecule has 2 heteroatoms. The average molecular weight is 136 g/mol. The smallest absolute Gasteiger partial charge is 0.0418 e. The third-order valence-electron chi connectivity index (χ3n) is 1.26. The summed E-state index contributed by atoms with van der Waals surface area (Å²) in [7, 11) is 0. The lowest BCUT2D eigenvalue weighted by molar-refractivity contribution is 0.722. The van der Waals surface area contributed by atoms with E-state index in [0.717, 1.165) is 12.1 Å². The van der Waals surface area contributed by atoms with Crippen molar-refractivity contribution in [3.63, 3.8) is 0 Å². The minimum Gasteiger partial charge on any atom is -0.328 e. The Morgan fingerprint density at radius 1 is 1.60 bits per heavy atom. The van der Waals surface area contributed by atoms with Crippen LogP contribution in [0.15, 0.2) is 24.4 Å². The van der Waals surface area contributed by atoms with Gasteiger partial charge in [-0.15, -0.1) is 0 Å². The van der Waals surface area contributed by atoms with Gasteiger partial charge in [0.2, 0.25) is 0 Å². The molecule has 0 aliphatic carbocycles. The van der Waals surface area contributed by atoms with E-state index in [1.807, 2.05) is 25.1 Å². The number of hydrogen-bond donors (Lipinski definition) is 1. The number of nitrogens with two attached hydrogens (primary N) is 1. The Hall–Kier alpha value is -0.890. The third kappa shape index (κ3) is 2.15. The van der Waals surface area contributed by atoms with E-state index in [4.69, 9.17) is 5.73 Å². The van der Waals surface area contributed by atoms with E-state index in [9.17, 15) is 0 Å². The fourth-order valence-corrected chi connectivity index (χ4v) is 0.849. The summed E-state index contributed by atoms with van der Waals surface area (Å²) in [6.07, 6.45) is 2.65. The molecule has 0 saturated carbocycles. The summed E-state index contributed by atoms with van der Waals surface area (Å²) in [4.78, 5) is 4.14. The van der Waals surface area contributed by atoms with Gasteiger partial charge in [-0.1, -0.05) is 6.07 Å². The zero-order valence-electron chi connectivity index (χ0n) is 6.12. The molecule has 0 amide bonds. The normalized spacial score (nSPS) is 13.0. The summed E-state index contributed by atoms with van der Waals surface area (Å²) in [5, 5.41) is 0. The summed E-state index contributed by atoms with van der Waals surface area (Å²) in [5.74, 6) is 0. The Labute approximate surface area is 61.1 Å². The molecule has 1 atom stereocenters. The van der Waals surface area contributed by atoms with Crippen LogP contribution >= 0.6 is 0 Å². The first-order valence-corrected chi connectivity index (χ1v) is 3.44. The highest BCUT2D eigenvalue weighted by Gasteiger charge is 1.95. The second-order valence-corrected chi connectivity index (χ2v) is 2.50. The molecule has 1 aromatic rings. The topological polar surface area (TPSA) is 38.9 Å². The van der Waals surface area contributed by atoms with E-state index in [1.165, 1.54) is 0 Å². The van der Waals surface area contributed by atoms with Crippen LogP contribution in [0.25, 0.3) is 0 Å². The lowest BCUT2D eigenvalue weighted by atomic mass is 10.2. The van der Waals surface area contributed by atoms with Gasteiger partial charge in [-0.05, 0) is 19.1 Å². The maximum Gasteiger partial charge on any atom is 0.0418 e. The van der Waals surface area contributed by atoms with Gasteiger partial charge in [0.25, 0.3) is 0 Å². The van der Waals surface area contributed by atoms with Gasteiger partial charge in [0.05, 0.1) is 0 Å². The van der Waals surface area contributed by atoms with E-state index in [0.29, 0.717) is 0 Å². The number of aromatic nitrogens is 1. The van der Waals surface area contributed by atoms with Crippen molar-refractivity contribution in [3.8, 4) is 0 Å². The summed E-state index contributed by atoms with van der Waals surface area (Å²) in [5.41, 5.74) is 6.65. The molecule has 1 rings (SSSR count). The molecular formula is C8H12N2. The van der Waals surface area contributed by atoms with Crippen molar-refractivity contribution >= 4 is 0 Å². The highest BCUT2D eigenvalue weighted by Crippen LogP contribution is 1.95. The fourth-order valence-electron chi connectivity index (χ4n) is 0.849. The predicted molar refractivity (Wildman–Crippen MR) is 41.6 cm³/mol. The van der Waals surface area contributed by atoms with Crippen LogP contribution in [0.5, 0.6) is 0 Å². The van der Waals surface area contributed by atoms with Crippen LogP contribution in [0.4, 0.5) is 0 Å². The Kier molecular flexibility index (Phi) is 2.40. The van der Waals surface area contributed by atoms with Gasteiger partial charge in [-0.25, -0.2) is 0 Å². The van der Waals surface area contributed by atoms with Crippen molar-refractivity contribution in [2.75, 3.05) is 0 Å². The fraction of sp³-hybridized carbons (Fsp3) is 0.375. The average Bonchev–Trinajstić information content (AvgIpc) is 1.88. The number of rotatable bonds is 2. The number of nitrogens with zero attached hydrogens (tertiary/aromatic N) is 1. The van der Waals surface area contributed by atoms with Gasteiger partial charge in [0.1, 0.15) is 0 Å². The molecule has 1 heterocycles. The first-order chi connectivity index (χ1) is 4.79. The molecule has 0 aliphatic rings. The highest BCUT2D eigenvalue weighted by atomic mass is 14.7. The van der Waals surface area contributed by atoms with Crippen LogP contribution in [-0.4, -0.2) is 11.0 Å². The van der Waals surface area contributed by atoms with Gasteiger partial charge in [-0.2, -0.15) is 0 Å². The monoisotopic (exact) mass is 136 g/mol. The van der Waals surface area contributed by atoms with Crippen LogP contribution in [-0.2, 0) is 6.42 Å². The molecule has 0 unspecified atom stereocenters. The van der Waals surface area contributed by atoms with Crippen molar-refractivity contribution in [2.45, 2.75) is 19.4 Å². The second kappa shape index (κ2) is 3.32. The minimum atomic E-state index is 0.204. The Balaban J connectivity index is 2.59. The first kappa shape index (κ1) is 7.22. The lowest BCUT2D eigenvalue weighted by Crippen LogP contribution is -2.18. The molecule has 54 valence electrons. The molecule has 0 aliphatic heterocycles. The van der Waals surface area contributed by atoms with Crippen LogP contribution in [0.2, 0.25) is 0 Å². The maximum atomic E-state index is 5.58. The van der Waals surface area contributed by atoms with Crippen molar-refractivity contribution in [2.24, 2.45) is 5.73 Å². The molecular weight excluding hydrogens is 124 g/mol. The molecule has 2 N–H and O–H groups in total. The van der Waals surface area contributed by atoms with Crippen LogP contribution in [0.3, 0.4) is 0 Å². The molecule has 0 spiro atoms. The second-order valence-electron chi connectivity index (χ2n) is 2.50. The van der Waals surface area contributed by atoms with Gasteiger partial charge < -0.3 is 5.73 Å². The zero-order valence-corrected chi connectivity index (χ0v) is 6.12. The summed E-state index contributed by atoms with van der Waals surface area (Å²) in [6, 6.07) is 6.08. The molecule has 2 nitrogen and oxygen atoms in total. The van der Waals surface area contributed by atoms with Crippen molar-refractivity contribution in [3.05, 3.63) is 30.1 Å². The predicted octanol–water partition coefficient (Wildman–Crippen LogP) is 0.971. The SMILES string of the molecule is C[C@H](N)Cc1ccccn1. The Morgan fingerprint density at radius 2 is 2.40 bits per heavy atom. The van der Waals surface area contributed by atoms with E-state index in [1.54, 1.807) is 6.20 Å². The van der Waals surface area contributed by atoms with Crippen molar-refractivity contribution < 1.29 is 0 Å². The van der Waals surface area contributed by atoms with E-state index in [2.05, 4.69) is 4.98 Å². The Bertz CT molecular complexity index is 182. The molecule has 0 aromatic carbocycles. The standard InChI is InChI=1S/C8H12N2/c1-7(9)6-8-4-2-3-5-10-8/h2-5,7H,6,9H2,1H3/t7-/m0/s1. The summed E-state index contributed by atoms with van der Waals surface area (Å²) >= 11 is 0. The van der Waals surface area contributed by atoms with Crippen LogP contribution in [0.1, 0.15) is 12.6 Å². The number of hydrogen-bond acceptors (Lipinski definition) is 2. The summed E-state index contributed by atoms with van der Waals surface area (Å²) < 4.78 is 0. The van der Waals surface area contributed by atoms with Gasteiger partial charge in [-0.3, -0.25) is 4.98 Å². The highest BCUT2D eigenvalue weighted by molar-refractivity contribution is 5.04. The zero-order chi connectivity index (χ0) is 7.40. The lowest BCUT2D eigenvalue weighted by Gasteiger charge is -2.01. The molecule has 0 radical (unpaired) electrons. The largest absolute Gasteiger partial charge is 0.328 e. The van der Waals surface area contributed by atoms with Crippen LogP contribution < -0.4 is 5.73 Å². The third-order valence-corrected chi connectivity index (χ3v) is 1.26. The van der Waals surface area contributed by atoms with Gasteiger partial charge in [0, 0.05) is 24.4 Å². The quantitative estimate of drug-likeness (QED) is 0.658. The van der Waals surface area contributed by atoms with E-state index >= 15 is 0 Å². The maximum absolute atomic E-state index is 5.58. The first-order valence-electron chi connectivity index (χ1n) is 3.44. The molecule has 1 aromatic heterocycles. The summed E-state index contributed by atoms with van der Waals surface area (Å²) in [6.45, 7) is 1.98. The van der Waals surface area contributed by atoms with E-state index in [-0.39, 0.29) is 6.04 Å². The van der Waals surface area contributed by atoms with Crippen molar-refractivity contribution in [1.29, 1.82) is 0 Å². The minimum absolute atomic E-state index is 0.204. The molecule has 0 saturated heterocycles.